The van der Waals surface area contributed by atoms with Gasteiger partial charge in [-0.05, 0) is 30.8 Å². The van der Waals surface area contributed by atoms with Crippen molar-refractivity contribution in [3.63, 3.8) is 0 Å². The monoisotopic (exact) mass is 434 g/mol. The van der Waals surface area contributed by atoms with Gasteiger partial charge in [0, 0.05) is 41.7 Å². The van der Waals surface area contributed by atoms with Gasteiger partial charge >= 0.3 is 5.97 Å². The van der Waals surface area contributed by atoms with E-state index in [0.717, 1.165) is 41.7 Å². The number of methoxy groups -OCH3 is 2. The highest BCUT2D eigenvalue weighted by atomic mass is 16.5. The van der Waals surface area contributed by atoms with Crippen LogP contribution in [0.2, 0.25) is 0 Å². The molecular formula is C25H26N2O5. The van der Waals surface area contributed by atoms with Crippen molar-refractivity contribution in [3.05, 3.63) is 64.8 Å². The summed E-state index contributed by atoms with van der Waals surface area (Å²) in [5.74, 6) is 0.142. The van der Waals surface area contributed by atoms with E-state index in [1.807, 2.05) is 24.3 Å². The van der Waals surface area contributed by atoms with E-state index in [1.54, 1.807) is 18.2 Å². The van der Waals surface area contributed by atoms with E-state index in [0.29, 0.717) is 29.2 Å². The van der Waals surface area contributed by atoms with Gasteiger partial charge in [-0.2, -0.15) is 0 Å². The Bertz CT molecular complexity index is 1170. The van der Waals surface area contributed by atoms with Crippen molar-refractivity contribution in [2.45, 2.75) is 19.9 Å². The number of carbonyl (C=O) groups excluding carboxylic acids is 2. The molecule has 0 N–H and O–H groups in total. The summed E-state index contributed by atoms with van der Waals surface area (Å²) in [6.45, 7) is 4.16. The summed E-state index contributed by atoms with van der Waals surface area (Å²) in [6, 6.07) is 12.4. The van der Waals surface area contributed by atoms with Crippen LogP contribution in [0.5, 0.6) is 11.5 Å². The van der Waals surface area contributed by atoms with Gasteiger partial charge in [-0.1, -0.05) is 25.1 Å². The number of para-hydroxylation sites is 1. The van der Waals surface area contributed by atoms with Gasteiger partial charge in [0.2, 0.25) is 0 Å². The van der Waals surface area contributed by atoms with Gasteiger partial charge < -0.3 is 14.2 Å². The first-order chi connectivity index (χ1) is 15.5. The van der Waals surface area contributed by atoms with E-state index in [2.05, 4.69) is 11.8 Å². The maximum atomic E-state index is 13.2. The minimum Gasteiger partial charge on any atom is -0.493 e. The van der Waals surface area contributed by atoms with Crippen LogP contribution in [0.15, 0.2) is 42.5 Å². The highest BCUT2D eigenvalue weighted by molar-refractivity contribution is 6.06. The molecule has 0 aliphatic carbocycles. The van der Waals surface area contributed by atoms with Crippen molar-refractivity contribution in [2.24, 2.45) is 0 Å². The maximum absolute atomic E-state index is 13.2. The molecule has 0 fully saturated rings. The fourth-order valence-corrected chi connectivity index (χ4v) is 4.05. The van der Waals surface area contributed by atoms with Crippen molar-refractivity contribution in [2.75, 3.05) is 33.9 Å². The highest BCUT2D eigenvalue weighted by Gasteiger charge is 2.26. The van der Waals surface area contributed by atoms with E-state index >= 15 is 0 Å². The lowest BCUT2D eigenvalue weighted by Crippen LogP contribution is -2.32. The molecule has 0 radical (unpaired) electrons. The number of carbonyl (C=O) groups is 2. The first kappa shape index (κ1) is 21.8. The van der Waals surface area contributed by atoms with Crippen LogP contribution < -0.4 is 9.47 Å². The summed E-state index contributed by atoms with van der Waals surface area (Å²) in [5, 5.41) is 0.743. The molecule has 0 spiro atoms. The van der Waals surface area contributed by atoms with Crippen LogP contribution in [0, 0.1) is 0 Å². The van der Waals surface area contributed by atoms with E-state index in [1.165, 1.54) is 14.2 Å². The van der Waals surface area contributed by atoms with Crippen LogP contribution in [-0.2, 0) is 17.7 Å². The van der Waals surface area contributed by atoms with Crippen molar-refractivity contribution < 1.29 is 23.8 Å². The molecular weight excluding hydrogens is 408 g/mol. The number of nitrogens with zero attached hydrogens (tertiary/aromatic N) is 2. The SMILES string of the molecule is CCN1CCc2nc3ccccc3c(C(=O)OCC(=O)c3ccc(OC)c(OC)c3)c2C1. The molecule has 0 unspecified atom stereocenters. The molecule has 1 aliphatic heterocycles. The van der Waals surface area contributed by atoms with E-state index in [9.17, 15) is 9.59 Å². The zero-order chi connectivity index (χ0) is 22.7. The Morgan fingerprint density at radius 2 is 1.84 bits per heavy atom. The van der Waals surface area contributed by atoms with Gasteiger partial charge in [0.1, 0.15) is 0 Å². The molecule has 1 aromatic heterocycles. The van der Waals surface area contributed by atoms with Crippen LogP contribution in [0.3, 0.4) is 0 Å². The normalized spacial score (nSPS) is 13.5. The molecule has 1 aliphatic rings. The second-order valence-electron chi connectivity index (χ2n) is 7.62. The number of likely N-dealkylation sites (N-methyl/N-ethyl adjacent to an activating group) is 1. The number of esters is 1. The Morgan fingerprint density at radius 3 is 2.59 bits per heavy atom. The number of fused-ring (bicyclic) bond motifs is 2. The van der Waals surface area contributed by atoms with Gasteiger partial charge in [0.05, 0.1) is 25.3 Å². The zero-order valence-corrected chi connectivity index (χ0v) is 18.5. The largest absolute Gasteiger partial charge is 0.493 e. The Balaban J connectivity index is 1.61. The molecule has 7 heteroatoms. The molecule has 2 heterocycles. The standard InChI is InChI=1S/C25H26N2O5/c1-4-27-12-11-20-18(14-27)24(17-7-5-6-8-19(17)26-20)25(29)32-15-21(28)16-9-10-22(30-2)23(13-16)31-3/h5-10,13H,4,11-12,14-15H2,1-3H3. The quantitative estimate of drug-likeness (QED) is 0.415. The summed E-state index contributed by atoms with van der Waals surface area (Å²) in [5.41, 5.74) is 3.46. The van der Waals surface area contributed by atoms with Gasteiger partial charge in [0.15, 0.2) is 23.9 Å². The van der Waals surface area contributed by atoms with Crippen LogP contribution in [0.1, 0.15) is 38.9 Å². The topological polar surface area (TPSA) is 78.0 Å². The van der Waals surface area contributed by atoms with Crippen molar-refractivity contribution in [3.8, 4) is 11.5 Å². The number of hydrogen-bond acceptors (Lipinski definition) is 7. The second kappa shape index (κ2) is 9.36. The molecule has 0 saturated carbocycles. The third-order valence-corrected chi connectivity index (χ3v) is 5.82. The molecule has 166 valence electrons. The second-order valence-corrected chi connectivity index (χ2v) is 7.62. The number of ether oxygens (including phenoxy) is 3. The fraction of sp³-hybridized carbons (Fsp3) is 0.320. The minimum absolute atomic E-state index is 0.318. The number of Topliss-reactive ketones (excluding diaryl/α,β-unsaturated/α-hetero) is 1. The summed E-state index contributed by atoms with van der Waals surface area (Å²) >= 11 is 0. The summed E-state index contributed by atoms with van der Waals surface area (Å²) < 4.78 is 16.0. The van der Waals surface area contributed by atoms with Crippen LogP contribution in [0.25, 0.3) is 10.9 Å². The molecule has 32 heavy (non-hydrogen) atoms. The average molecular weight is 434 g/mol. The molecule has 0 amide bonds. The lowest BCUT2D eigenvalue weighted by molar-refractivity contribution is 0.0474. The lowest BCUT2D eigenvalue weighted by atomic mass is 9.96. The summed E-state index contributed by atoms with van der Waals surface area (Å²) in [7, 11) is 3.03. The molecule has 2 aromatic carbocycles. The van der Waals surface area contributed by atoms with Gasteiger partial charge in [-0.3, -0.25) is 14.7 Å². The number of rotatable bonds is 7. The number of ketones is 1. The molecule has 3 aromatic rings. The van der Waals surface area contributed by atoms with Gasteiger partial charge in [-0.25, -0.2) is 4.79 Å². The van der Waals surface area contributed by atoms with Gasteiger partial charge in [0.25, 0.3) is 0 Å². The molecule has 0 atom stereocenters. The predicted octanol–water partition coefficient (Wildman–Crippen LogP) is 3.67. The average Bonchev–Trinajstić information content (AvgIpc) is 2.84. The predicted molar refractivity (Wildman–Crippen MR) is 121 cm³/mol. The first-order valence-corrected chi connectivity index (χ1v) is 10.6. The van der Waals surface area contributed by atoms with Crippen molar-refractivity contribution in [1.82, 2.24) is 9.88 Å². The molecule has 0 bridgehead atoms. The first-order valence-electron chi connectivity index (χ1n) is 10.6. The molecule has 0 saturated heterocycles. The van der Waals surface area contributed by atoms with E-state index in [-0.39, 0.29) is 12.4 Å². The lowest BCUT2D eigenvalue weighted by Gasteiger charge is -2.28. The van der Waals surface area contributed by atoms with Crippen molar-refractivity contribution in [1.29, 1.82) is 0 Å². The maximum Gasteiger partial charge on any atom is 0.339 e. The van der Waals surface area contributed by atoms with E-state index < -0.39 is 5.97 Å². The molecule has 7 nitrogen and oxygen atoms in total. The zero-order valence-electron chi connectivity index (χ0n) is 18.5. The van der Waals surface area contributed by atoms with Crippen molar-refractivity contribution >= 4 is 22.7 Å². The Kier molecular flexibility index (Phi) is 6.37. The third-order valence-electron chi connectivity index (χ3n) is 5.82. The molecule has 4 rings (SSSR count). The van der Waals surface area contributed by atoms with Crippen LogP contribution in [0.4, 0.5) is 0 Å². The smallest absolute Gasteiger partial charge is 0.339 e. The Morgan fingerprint density at radius 1 is 1.06 bits per heavy atom. The number of aromatic nitrogens is 1. The van der Waals surface area contributed by atoms with Crippen LogP contribution in [-0.4, -0.2) is 55.6 Å². The summed E-state index contributed by atoms with van der Waals surface area (Å²) in [6.07, 6.45) is 0.777. The van der Waals surface area contributed by atoms with Crippen LogP contribution >= 0.6 is 0 Å². The van der Waals surface area contributed by atoms with E-state index in [4.69, 9.17) is 19.2 Å². The number of pyridine rings is 1. The highest BCUT2D eigenvalue weighted by Crippen LogP contribution is 2.30. The number of hydrogen-bond donors (Lipinski definition) is 0. The third kappa shape index (κ3) is 4.16. The number of benzene rings is 2. The van der Waals surface area contributed by atoms with Gasteiger partial charge in [-0.15, -0.1) is 0 Å². The summed E-state index contributed by atoms with van der Waals surface area (Å²) in [4.78, 5) is 33.0. The fourth-order valence-electron chi connectivity index (χ4n) is 4.05. The Labute approximate surface area is 186 Å². The Hall–Kier alpha value is -3.45. The minimum atomic E-state index is -0.508.